The topological polar surface area (TPSA) is 12.0 Å². The van der Waals surface area contributed by atoms with Crippen LogP contribution in [0, 0.1) is 5.92 Å². The first-order chi connectivity index (χ1) is 12.8. The van der Waals surface area contributed by atoms with Crippen molar-refractivity contribution in [3.63, 3.8) is 0 Å². The van der Waals surface area contributed by atoms with Gasteiger partial charge in [-0.05, 0) is 54.5 Å². The fraction of sp³-hybridized carbons (Fsp3) is 0.500. The maximum absolute atomic E-state index is 3.66. The van der Waals surface area contributed by atoms with Gasteiger partial charge in [0.1, 0.15) is 0 Å². The van der Waals surface area contributed by atoms with Gasteiger partial charge in [-0.25, -0.2) is 0 Å². The number of nitrogens with one attached hydrogen (secondary N) is 1. The van der Waals surface area contributed by atoms with Crippen molar-refractivity contribution >= 4 is 23.1 Å². The molecule has 138 valence electrons. The molecule has 1 aliphatic carbocycles. The number of hydrogen-bond donors (Lipinski definition) is 1. The van der Waals surface area contributed by atoms with Crippen LogP contribution in [0.4, 0.5) is 11.4 Å². The molecule has 1 nitrogen and oxygen atoms in total. The zero-order valence-corrected chi connectivity index (χ0v) is 16.8. The van der Waals surface area contributed by atoms with Crippen molar-refractivity contribution in [2.45, 2.75) is 80.4 Å². The summed E-state index contributed by atoms with van der Waals surface area (Å²) in [5, 5.41) is 3.66. The van der Waals surface area contributed by atoms with Crippen LogP contribution in [-0.4, -0.2) is 0 Å². The Morgan fingerprint density at radius 3 is 2.23 bits per heavy atom. The van der Waals surface area contributed by atoms with Crippen molar-refractivity contribution in [2.24, 2.45) is 5.92 Å². The summed E-state index contributed by atoms with van der Waals surface area (Å²) >= 11 is 1.89. The fourth-order valence-corrected chi connectivity index (χ4v) is 5.52. The van der Waals surface area contributed by atoms with Crippen molar-refractivity contribution in [2.75, 3.05) is 5.32 Å². The summed E-state index contributed by atoms with van der Waals surface area (Å²) < 4.78 is 0. The third-order valence-corrected chi connectivity index (χ3v) is 7.41. The summed E-state index contributed by atoms with van der Waals surface area (Å²) in [7, 11) is 0. The van der Waals surface area contributed by atoms with Gasteiger partial charge < -0.3 is 5.32 Å². The number of benzene rings is 2. The molecule has 0 saturated heterocycles. The van der Waals surface area contributed by atoms with Gasteiger partial charge >= 0.3 is 0 Å². The van der Waals surface area contributed by atoms with Crippen LogP contribution in [0.3, 0.4) is 0 Å². The minimum absolute atomic E-state index is 0.656. The van der Waals surface area contributed by atoms with E-state index >= 15 is 0 Å². The van der Waals surface area contributed by atoms with Gasteiger partial charge in [-0.2, -0.15) is 0 Å². The minimum atomic E-state index is 0.656. The summed E-state index contributed by atoms with van der Waals surface area (Å²) in [6, 6.07) is 15.7. The van der Waals surface area contributed by atoms with Gasteiger partial charge in [0.2, 0.25) is 0 Å². The molecule has 4 rings (SSSR count). The average Bonchev–Trinajstić information content (AvgIpc) is 2.69. The molecule has 1 unspecified atom stereocenters. The van der Waals surface area contributed by atoms with Crippen LogP contribution in [0.5, 0.6) is 0 Å². The molecule has 1 aliphatic heterocycles. The van der Waals surface area contributed by atoms with Crippen LogP contribution in [0.25, 0.3) is 0 Å². The molecular formula is C24H31NS. The second-order valence-electron chi connectivity index (χ2n) is 8.08. The van der Waals surface area contributed by atoms with Crippen LogP contribution < -0.4 is 5.32 Å². The average molecular weight is 366 g/mol. The monoisotopic (exact) mass is 365 g/mol. The van der Waals surface area contributed by atoms with E-state index in [0.717, 1.165) is 5.92 Å². The van der Waals surface area contributed by atoms with E-state index in [1.165, 1.54) is 84.5 Å². The molecule has 2 aromatic rings. The van der Waals surface area contributed by atoms with E-state index in [4.69, 9.17) is 0 Å². The first-order valence-corrected chi connectivity index (χ1v) is 11.3. The minimum Gasteiger partial charge on any atom is -0.354 e. The summed E-state index contributed by atoms with van der Waals surface area (Å²) in [5.41, 5.74) is 4.05. The third kappa shape index (κ3) is 4.11. The normalized spacial score (nSPS) is 19.7. The lowest BCUT2D eigenvalue weighted by atomic mass is 9.80. The van der Waals surface area contributed by atoms with Gasteiger partial charge in [0.05, 0.1) is 11.4 Å². The predicted octanol–water partition coefficient (Wildman–Crippen LogP) is 8.14. The Labute approximate surface area is 163 Å². The lowest BCUT2D eigenvalue weighted by Gasteiger charge is -2.27. The van der Waals surface area contributed by atoms with E-state index in [9.17, 15) is 0 Å². The molecule has 1 heterocycles. The molecule has 0 amide bonds. The standard InChI is InChI=1S/C24H31NS/c1-18(19-11-7-5-3-2-4-6-8-12-19)20-15-16-24-22(17-20)25-21-13-9-10-14-23(21)26-24/h9-10,13-19,25H,2-8,11-12H2,1H3. The highest BCUT2D eigenvalue weighted by atomic mass is 32.2. The molecule has 1 N–H and O–H groups in total. The molecular weight excluding hydrogens is 334 g/mol. The Hall–Kier alpha value is -1.41. The molecule has 0 spiro atoms. The molecule has 1 atom stereocenters. The van der Waals surface area contributed by atoms with Crippen molar-refractivity contribution in [3.05, 3.63) is 48.0 Å². The maximum Gasteiger partial charge on any atom is 0.0529 e. The van der Waals surface area contributed by atoms with E-state index < -0.39 is 0 Å². The summed E-state index contributed by atoms with van der Waals surface area (Å²) in [6.45, 7) is 2.46. The highest BCUT2D eigenvalue weighted by Gasteiger charge is 2.22. The van der Waals surface area contributed by atoms with Crippen molar-refractivity contribution in [1.82, 2.24) is 0 Å². The summed E-state index contributed by atoms with van der Waals surface area (Å²) in [6.07, 6.45) is 12.9. The first-order valence-electron chi connectivity index (χ1n) is 10.5. The molecule has 1 saturated carbocycles. The molecule has 2 aliphatic rings. The van der Waals surface area contributed by atoms with Gasteiger partial charge in [-0.15, -0.1) is 0 Å². The fourth-order valence-electron chi connectivity index (χ4n) is 4.55. The molecule has 2 aromatic carbocycles. The lowest BCUT2D eigenvalue weighted by Crippen LogP contribution is -2.12. The van der Waals surface area contributed by atoms with Gasteiger partial charge in [-0.1, -0.05) is 81.8 Å². The SMILES string of the molecule is CC(c1ccc2c(c1)Nc1ccccc1S2)C1CCCCCCCCC1. The molecule has 0 aromatic heterocycles. The predicted molar refractivity (Wildman–Crippen MR) is 114 cm³/mol. The number of fused-ring (bicyclic) bond motifs is 2. The van der Waals surface area contributed by atoms with E-state index in [2.05, 4.69) is 54.7 Å². The highest BCUT2D eigenvalue weighted by molar-refractivity contribution is 7.99. The van der Waals surface area contributed by atoms with Gasteiger partial charge in [0, 0.05) is 9.79 Å². The zero-order chi connectivity index (χ0) is 17.8. The zero-order valence-electron chi connectivity index (χ0n) is 16.0. The number of para-hydroxylation sites is 1. The smallest absolute Gasteiger partial charge is 0.0529 e. The Morgan fingerprint density at radius 2 is 1.46 bits per heavy atom. The van der Waals surface area contributed by atoms with E-state index in [1.807, 2.05) is 11.8 Å². The van der Waals surface area contributed by atoms with Gasteiger partial charge in [-0.3, -0.25) is 0 Å². The molecule has 26 heavy (non-hydrogen) atoms. The van der Waals surface area contributed by atoms with Gasteiger partial charge in [0.15, 0.2) is 0 Å². The van der Waals surface area contributed by atoms with Crippen molar-refractivity contribution < 1.29 is 0 Å². The van der Waals surface area contributed by atoms with Crippen LogP contribution in [0.2, 0.25) is 0 Å². The quantitative estimate of drug-likeness (QED) is 0.492. The van der Waals surface area contributed by atoms with E-state index in [-0.39, 0.29) is 0 Å². The number of anilines is 2. The number of hydrogen-bond acceptors (Lipinski definition) is 2. The van der Waals surface area contributed by atoms with Crippen LogP contribution >= 0.6 is 11.8 Å². The second-order valence-corrected chi connectivity index (χ2v) is 9.16. The summed E-state index contributed by atoms with van der Waals surface area (Å²) in [4.78, 5) is 2.68. The molecule has 0 radical (unpaired) electrons. The third-order valence-electron chi connectivity index (χ3n) is 6.26. The largest absolute Gasteiger partial charge is 0.354 e. The Balaban J connectivity index is 1.50. The van der Waals surface area contributed by atoms with Crippen LogP contribution in [0.15, 0.2) is 52.3 Å². The van der Waals surface area contributed by atoms with Gasteiger partial charge in [0.25, 0.3) is 0 Å². The van der Waals surface area contributed by atoms with Crippen molar-refractivity contribution in [1.29, 1.82) is 0 Å². The Kier molecular flexibility index (Phi) is 5.89. The van der Waals surface area contributed by atoms with Crippen LogP contribution in [-0.2, 0) is 0 Å². The van der Waals surface area contributed by atoms with E-state index in [1.54, 1.807) is 0 Å². The second kappa shape index (κ2) is 8.52. The van der Waals surface area contributed by atoms with Crippen LogP contribution in [0.1, 0.15) is 76.2 Å². The van der Waals surface area contributed by atoms with Crippen molar-refractivity contribution in [3.8, 4) is 0 Å². The lowest BCUT2D eigenvalue weighted by molar-refractivity contribution is 0.345. The number of rotatable bonds is 2. The molecule has 1 fully saturated rings. The first kappa shape index (κ1) is 18.0. The molecule has 0 bridgehead atoms. The summed E-state index contributed by atoms with van der Waals surface area (Å²) in [5.74, 6) is 1.50. The molecule has 2 heteroatoms. The maximum atomic E-state index is 3.66. The van der Waals surface area contributed by atoms with E-state index in [0.29, 0.717) is 5.92 Å². The Morgan fingerprint density at radius 1 is 0.808 bits per heavy atom. The Bertz CT molecular complexity index is 729. The highest BCUT2D eigenvalue weighted by Crippen LogP contribution is 2.45.